The van der Waals surface area contributed by atoms with Gasteiger partial charge in [0.15, 0.2) is 0 Å². The van der Waals surface area contributed by atoms with E-state index in [9.17, 15) is 4.79 Å². The largest absolute Gasteiger partial charge is 0.490 e. The van der Waals surface area contributed by atoms with Gasteiger partial charge in [0.05, 0.1) is 6.10 Å². The van der Waals surface area contributed by atoms with Gasteiger partial charge in [-0.25, -0.2) is 0 Å². The van der Waals surface area contributed by atoms with Crippen LogP contribution in [0.15, 0.2) is 12.1 Å². The van der Waals surface area contributed by atoms with Gasteiger partial charge in [0.25, 0.3) is 5.91 Å². The minimum Gasteiger partial charge on any atom is -0.490 e. The zero-order valence-corrected chi connectivity index (χ0v) is 17.7. The Morgan fingerprint density at radius 3 is 2.27 bits per heavy atom. The molecule has 0 heterocycles. The second-order valence-corrected chi connectivity index (χ2v) is 7.41. The normalized spacial score (nSPS) is 14.6. The first-order valence-electron chi connectivity index (χ1n) is 10.0. The minimum absolute atomic E-state index is 0.0752. The molecule has 2 unspecified atom stereocenters. The number of carbonyl (C=O) groups excluding carboxylic acids is 1. The van der Waals surface area contributed by atoms with Crippen molar-refractivity contribution in [3.63, 3.8) is 0 Å². The van der Waals surface area contributed by atoms with Gasteiger partial charge in [-0.05, 0) is 70.2 Å². The van der Waals surface area contributed by atoms with Crippen LogP contribution in [0, 0.1) is 13.8 Å². The number of hydrogen-bond donors (Lipinski definition) is 1. The minimum atomic E-state index is -0.792. The Labute approximate surface area is 159 Å². The number of hydrogen-bond acceptors (Lipinski definition) is 3. The number of rotatable bonds is 11. The van der Waals surface area contributed by atoms with Crippen LogP contribution in [0.4, 0.5) is 5.69 Å². The molecule has 148 valence electrons. The summed E-state index contributed by atoms with van der Waals surface area (Å²) in [5.41, 5.74) is 2.07. The van der Waals surface area contributed by atoms with Crippen LogP contribution < -0.4 is 10.1 Å². The molecule has 0 fully saturated rings. The molecule has 0 aliphatic heterocycles. The third kappa shape index (κ3) is 6.31. The van der Waals surface area contributed by atoms with E-state index in [0.717, 1.165) is 54.7 Å². The highest BCUT2D eigenvalue weighted by molar-refractivity contribution is 5.97. The molecule has 2 atom stereocenters. The van der Waals surface area contributed by atoms with Gasteiger partial charge >= 0.3 is 0 Å². The smallest absolute Gasteiger partial charge is 0.256 e. The number of unbranched alkanes of at least 4 members (excludes halogenated alkanes) is 1. The predicted molar refractivity (Wildman–Crippen MR) is 109 cm³/mol. The second kappa shape index (κ2) is 10.6. The molecule has 0 saturated heterocycles. The van der Waals surface area contributed by atoms with Crippen molar-refractivity contribution < 1.29 is 14.3 Å². The van der Waals surface area contributed by atoms with Crippen LogP contribution in [0.25, 0.3) is 0 Å². The van der Waals surface area contributed by atoms with Gasteiger partial charge in [-0.15, -0.1) is 0 Å². The van der Waals surface area contributed by atoms with E-state index in [-0.39, 0.29) is 12.0 Å². The highest BCUT2D eigenvalue weighted by atomic mass is 16.5. The number of anilines is 1. The maximum absolute atomic E-state index is 12.9. The Hall–Kier alpha value is -1.55. The Morgan fingerprint density at radius 2 is 1.77 bits per heavy atom. The average Bonchev–Trinajstić information content (AvgIpc) is 2.60. The maximum Gasteiger partial charge on any atom is 0.256 e. The molecule has 0 aliphatic carbocycles. The number of nitrogens with one attached hydrogen (secondary N) is 1. The summed E-state index contributed by atoms with van der Waals surface area (Å²) in [5, 5.41) is 3.06. The summed E-state index contributed by atoms with van der Waals surface area (Å²) in [6.07, 6.45) is 4.76. The predicted octanol–water partition coefficient (Wildman–Crippen LogP) is 5.79. The van der Waals surface area contributed by atoms with Gasteiger partial charge in [0.1, 0.15) is 11.4 Å². The van der Waals surface area contributed by atoms with Gasteiger partial charge in [-0.2, -0.15) is 0 Å². The number of carbonyl (C=O) groups is 1. The molecular weight excluding hydrogens is 326 g/mol. The summed E-state index contributed by atoms with van der Waals surface area (Å²) in [5.74, 6) is 0.835. The Kier molecular flexibility index (Phi) is 9.14. The van der Waals surface area contributed by atoms with Gasteiger partial charge < -0.3 is 14.8 Å². The van der Waals surface area contributed by atoms with Crippen molar-refractivity contribution in [1.82, 2.24) is 0 Å². The summed E-state index contributed by atoms with van der Waals surface area (Å²) in [6.45, 7) is 14.9. The quantitative estimate of drug-likeness (QED) is 0.541. The molecule has 0 radical (unpaired) electrons. The topological polar surface area (TPSA) is 47.6 Å². The van der Waals surface area contributed by atoms with E-state index in [1.807, 2.05) is 32.9 Å². The first kappa shape index (κ1) is 22.5. The first-order valence-corrected chi connectivity index (χ1v) is 10.0. The van der Waals surface area contributed by atoms with Crippen molar-refractivity contribution in [1.29, 1.82) is 0 Å². The summed E-state index contributed by atoms with van der Waals surface area (Å²) >= 11 is 0. The molecule has 1 aromatic carbocycles. The summed E-state index contributed by atoms with van der Waals surface area (Å²) < 4.78 is 12.0. The van der Waals surface area contributed by atoms with Crippen LogP contribution in [0.2, 0.25) is 0 Å². The van der Waals surface area contributed by atoms with Gasteiger partial charge in [0, 0.05) is 12.3 Å². The van der Waals surface area contributed by atoms with Crippen molar-refractivity contribution >= 4 is 11.6 Å². The van der Waals surface area contributed by atoms with Gasteiger partial charge in [-0.1, -0.05) is 33.6 Å². The molecule has 1 rings (SSSR count). The lowest BCUT2D eigenvalue weighted by molar-refractivity contribution is -0.140. The van der Waals surface area contributed by atoms with Crippen LogP contribution >= 0.6 is 0 Å². The third-order valence-corrected chi connectivity index (χ3v) is 4.72. The lowest BCUT2D eigenvalue weighted by atomic mass is 9.97. The molecule has 4 nitrogen and oxygen atoms in total. The number of ether oxygens (including phenoxy) is 2. The van der Waals surface area contributed by atoms with E-state index < -0.39 is 5.60 Å². The third-order valence-electron chi connectivity index (χ3n) is 4.72. The molecule has 26 heavy (non-hydrogen) atoms. The van der Waals surface area contributed by atoms with Gasteiger partial charge in [-0.3, -0.25) is 4.79 Å². The molecule has 4 heteroatoms. The van der Waals surface area contributed by atoms with Crippen molar-refractivity contribution in [3.05, 3.63) is 23.3 Å². The zero-order valence-electron chi connectivity index (χ0n) is 17.7. The number of benzene rings is 1. The van der Waals surface area contributed by atoms with Crippen LogP contribution in [-0.2, 0) is 9.53 Å². The average molecular weight is 364 g/mol. The first-order chi connectivity index (χ1) is 12.3. The van der Waals surface area contributed by atoms with Crippen LogP contribution in [0.1, 0.15) is 77.8 Å². The Bertz CT molecular complexity index is 552. The molecule has 0 bridgehead atoms. The second-order valence-electron chi connectivity index (χ2n) is 7.41. The molecule has 1 N–H and O–H groups in total. The number of amides is 1. The maximum atomic E-state index is 12.9. The monoisotopic (exact) mass is 363 g/mol. The van der Waals surface area contributed by atoms with Crippen molar-refractivity contribution in [2.75, 3.05) is 11.9 Å². The fourth-order valence-corrected chi connectivity index (χ4v) is 2.85. The molecule has 0 spiro atoms. The molecule has 1 amide bonds. The van der Waals surface area contributed by atoms with E-state index in [4.69, 9.17) is 9.47 Å². The SMILES string of the molecule is CCCCC(C)(OCCC)C(=O)Nc1cc(C)c(OC(C)CC)c(C)c1. The lowest BCUT2D eigenvalue weighted by Crippen LogP contribution is -2.43. The van der Waals surface area contributed by atoms with E-state index >= 15 is 0 Å². The van der Waals surface area contributed by atoms with Gasteiger partial charge in [0.2, 0.25) is 0 Å². The van der Waals surface area contributed by atoms with Crippen LogP contribution in [0.3, 0.4) is 0 Å². The molecule has 0 aromatic heterocycles. The highest BCUT2D eigenvalue weighted by Crippen LogP contribution is 2.30. The van der Waals surface area contributed by atoms with Crippen molar-refractivity contribution in [2.24, 2.45) is 0 Å². The summed E-state index contributed by atoms with van der Waals surface area (Å²) in [4.78, 5) is 12.9. The molecule has 1 aromatic rings. The Morgan fingerprint density at radius 1 is 1.15 bits per heavy atom. The fourth-order valence-electron chi connectivity index (χ4n) is 2.85. The van der Waals surface area contributed by atoms with Crippen molar-refractivity contribution in [3.8, 4) is 5.75 Å². The van der Waals surface area contributed by atoms with E-state index in [1.165, 1.54) is 0 Å². The molecular formula is C22H37NO3. The van der Waals surface area contributed by atoms with Crippen LogP contribution in [0.5, 0.6) is 5.75 Å². The fraction of sp³-hybridized carbons (Fsp3) is 0.682. The summed E-state index contributed by atoms with van der Waals surface area (Å²) in [7, 11) is 0. The Balaban J connectivity index is 2.96. The van der Waals surface area contributed by atoms with Crippen LogP contribution in [-0.4, -0.2) is 24.2 Å². The van der Waals surface area contributed by atoms with E-state index in [1.54, 1.807) is 0 Å². The number of aryl methyl sites for hydroxylation is 2. The molecule has 0 aliphatic rings. The zero-order chi connectivity index (χ0) is 19.7. The van der Waals surface area contributed by atoms with E-state index in [2.05, 4.69) is 33.0 Å². The van der Waals surface area contributed by atoms with E-state index in [0.29, 0.717) is 6.61 Å². The molecule has 0 saturated carbocycles. The standard InChI is InChI=1S/C22H37NO3/c1-8-11-12-22(7,25-13-9-2)21(24)23-19-14-16(4)20(17(5)15-19)26-18(6)10-3/h14-15,18H,8-13H2,1-7H3,(H,23,24). The highest BCUT2D eigenvalue weighted by Gasteiger charge is 2.33. The lowest BCUT2D eigenvalue weighted by Gasteiger charge is -2.29. The van der Waals surface area contributed by atoms with Crippen molar-refractivity contribution in [2.45, 2.75) is 92.3 Å². The summed E-state index contributed by atoms with van der Waals surface area (Å²) in [6, 6.07) is 3.95.